The quantitative estimate of drug-likeness (QED) is 0.595. The molecule has 0 amide bonds. The third-order valence-corrected chi connectivity index (χ3v) is 6.22. The van der Waals surface area contributed by atoms with Crippen molar-refractivity contribution in [2.24, 2.45) is 10.7 Å². The number of nitrogens with two attached hydrogens (primary N) is 1. The van der Waals surface area contributed by atoms with Crippen LogP contribution in [0, 0.1) is 11.8 Å². The van der Waals surface area contributed by atoms with E-state index in [-0.39, 0.29) is 5.75 Å². The number of hydrogen-bond donors (Lipinski definition) is 1. The summed E-state index contributed by atoms with van der Waals surface area (Å²) >= 11 is 1.44. The molecule has 152 valence electrons. The van der Waals surface area contributed by atoms with E-state index in [0.29, 0.717) is 51.1 Å². The van der Waals surface area contributed by atoms with Gasteiger partial charge in [-0.05, 0) is 42.3 Å². The molecule has 3 aromatic rings. The Morgan fingerprint density at radius 1 is 1.17 bits per heavy atom. The van der Waals surface area contributed by atoms with Crippen LogP contribution in [0.3, 0.4) is 0 Å². The molecule has 0 aliphatic carbocycles. The first kappa shape index (κ1) is 18.9. The monoisotopic (exact) mass is 425 g/mol. The molecule has 3 heterocycles. The van der Waals surface area contributed by atoms with Crippen molar-refractivity contribution >= 4 is 16.9 Å². The molecule has 30 heavy (non-hydrogen) atoms. The Hall–Kier alpha value is -3.13. The number of thioether (sulfide) groups is 1. The second kappa shape index (κ2) is 6.98. The largest absolute Gasteiger partial charge is 0.497 e. The van der Waals surface area contributed by atoms with Gasteiger partial charge in [0.15, 0.2) is 16.7 Å². The van der Waals surface area contributed by atoms with Crippen molar-refractivity contribution in [3.05, 3.63) is 71.6 Å². The number of benzene rings is 2. The van der Waals surface area contributed by atoms with Crippen LogP contribution in [-0.2, 0) is 5.54 Å². The fourth-order valence-electron chi connectivity index (χ4n) is 4.03. The van der Waals surface area contributed by atoms with E-state index >= 15 is 0 Å². The van der Waals surface area contributed by atoms with E-state index < -0.39 is 17.3 Å². The zero-order chi connectivity index (χ0) is 20.9. The van der Waals surface area contributed by atoms with E-state index in [1.807, 2.05) is 6.07 Å². The smallest absolute Gasteiger partial charge is 0.220 e. The van der Waals surface area contributed by atoms with Gasteiger partial charge in [-0.3, -0.25) is 0 Å². The maximum atomic E-state index is 14.9. The molecular weight excluding hydrogens is 408 g/mol. The maximum absolute atomic E-state index is 14.9. The molecule has 1 atom stereocenters. The van der Waals surface area contributed by atoms with E-state index in [2.05, 4.69) is 4.98 Å². The van der Waals surface area contributed by atoms with Crippen LogP contribution in [0.1, 0.15) is 17.5 Å². The lowest BCUT2D eigenvalue weighted by molar-refractivity contribution is 0.359. The number of aromatic nitrogens is 1. The molecule has 8 heteroatoms. The first-order valence-electron chi connectivity index (χ1n) is 9.31. The number of fused-ring (bicyclic) bond motifs is 4. The lowest BCUT2D eigenvalue weighted by atomic mass is 9.77. The molecule has 0 unspecified atom stereocenters. The van der Waals surface area contributed by atoms with Crippen LogP contribution in [0.2, 0.25) is 0 Å². The van der Waals surface area contributed by atoms with Crippen LogP contribution in [0.5, 0.6) is 17.2 Å². The molecule has 2 aliphatic rings. The lowest BCUT2D eigenvalue weighted by Gasteiger charge is -2.39. The molecule has 1 spiro atoms. The summed E-state index contributed by atoms with van der Waals surface area (Å²) in [4.78, 5) is 8.51. The summed E-state index contributed by atoms with van der Waals surface area (Å²) < 4.78 is 40.4. The third kappa shape index (κ3) is 2.82. The highest BCUT2D eigenvalue weighted by atomic mass is 32.2. The number of nitrogens with zero attached hydrogens (tertiary/aromatic N) is 2. The van der Waals surface area contributed by atoms with Gasteiger partial charge in [-0.2, -0.15) is 4.39 Å². The predicted octanol–water partition coefficient (Wildman–Crippen LogP) is 4.84. The minimum Gasteiger partial charge on any atom is -0.497 e. The van der Waals surface area contributed by atoms with Crippen molar-refractivity contribution < 1.29 is 18.3 Å². The number of ether oxygens (including phenoxy) is 2. The van der Waals surface area contributed by atoms with Crippen LogP contribution >= 0.6 is 11.8 Å². The first-order chi connectivity index (χ1) is 14.5. The molecule has 1 aromatic heterocycles. The lowest BCUT2D eigenvalue weighted by Crippen LogP contribution is -2.35. The van der Waals surface area contributed by atoms with Gasteiger partial charge in [-0.15, -0.1) is 0 Å². The minimum atomic E-state index is -0.956. The van der Waals surface area contributed by atoms with Gasteiger partial charge in [0.2, 0.25) is 5.95 Å². The molecule has 2 aliphatic heterocycles. The third-order valence-electron chi connectivity index (χ3n) is 5.42. The van der Waals surface area contributed by atoms with Crippen LogP contribution in [0.4, 0.5) is 8.78 Å². The zero-order valence-corrected chi connectivity index (χ0v) is 16.8. The van der Waals surface area contributed by atoms with Gasteiger partial charge < -0.3 is 15.2 Å². The van der Waals surface area contributed by atoms with E-state index in [1.54, 1.807) is 30.3 Å². The van der Waals surface area contributed by atoms with Crippen LogP contribution in [0.25, 0.3) is 11.1 Å². The predicted molar refractivity (Wildman–Crippen MR) is 112 cm³/mol. The molecular formula is C22H17F2N3O2S. The van der Waals surface area contributed by atoms with Gasteiger partial charge >= 0.3 is 0 Å². The highest BCUT2D eigenvalue weighted by Crippen LogP contribution is 2.55. The Morgan fingerprint density at radius 2 is 2.03 bits per heavy atom. The Labute approximate surface area is 175 Å². The van der Waals surface area contributed by atoms with Crippen LogP contribution < -0.4 is 15.2 Å². The summed E-state index contributed by atoms with van der Waals surface area (Å²) in [5.41, 5.74) is 7.39. The highest BCUT2D eigenvalue weighted by Gasteiger charge is 2.45. The second-order valence-electron chi connectivity index (χ2n) is 7.05. The fraction of sp³-hybridized carbons (Fsp3) is 0.182. The van der Waals surface area contributed by atoms with Crippen molar-refractivity contribution in [3.8, 4) is 28.4 Å². The summed E-state index contributed by atoms with van der Waals surface area (Å²) in [6.07, 6.45) is 1.98. The van der Waals surface area contributed by atoms with Crippen molar-refractivity contribution in [2.45, 2.75) is 12.0 Å². The summed E-state index contributed by atoms with van der Waals surface area (Å²) in [6, 6.07) is 11.6. The molecule has 5 rings (SSSR count). The summed E-state index contributed by atoms with van der Waals surface area (Å²) in [5.74, 6) is 0.509. The van der Waals surface area contributed by atoms with Crippen molar-refractivity contribution in [1.82, 2.24) is 4.98 Å². The fourth-order valence-corrected chi connectivity index (χ4v) is 4.86. The summed E-state index contributed by atoms with van der Waals surface area (Å²) in [6.45, 7) is 0. The SMILES string of the molecule is COc1cc(F)c2c(c1)[C@]1(CCSC(N)=N1)c1cc(-c3cccnc3F)ccc1O2. The van der Waals surface area contributed by atoms with Gasteiger partial charge in [0.1, 0.15) is 17.0 Å². The normalized spacial score (nSPS) is 19.5. The molecule has 5 nitrogen and oxygen atoms in total. The second-order valence-corrected chi connectivity index (χ2v) is 8.16. The summed E-state index contributed by atoms with van der Waals surface area (Å²) in [5, 5.41) is 0.404. The van der Waals surface area contributed by atoms with E-state index in [9.17, 15) is 8.78 Å². The highest BCUT2D eigenvalue weighted by molar-refractivity contribution is 8.13. The van der Waals surface area contributed by atoms with Gasteiger partial charge in [0.05, 0.1) is 7.11 Å². The van der Waals surface area contributed by atoms with Crippen LogP contribution in [-0.4, -0.2) is 23.0 Å². The van der Waals surface area contributed by atoms with Crippen molar-refractivity contribution in [2.75, 3.05) is 12.9 Å². The van der Waals surface area contributed by atoms with Gasteiger partial charge in [0.25, 0.3) is 0 Å². The Balaban J connectivity index is 1.79. The van der Waals surface area contributed by atoms with Gasteiger partial charge in [-0.1, -0.05) is 17.8 Å². The van der Waals surface area contributed by atoms with E-state index in [4.69, 9.17) is 20.2 Å². The summed E-state index contributed by atoms with van der Waals surface area (Å²) in [7, 11) is 1.48. The molecule has 2 N–H and O–H groups in total. The number of halogens is 2. The van der Waals surface area contributed by atoms with Crippen molar-refractivity contribution in [3.63, 3.8) is 0 Å². The van der Waals surface area contributed by atoms with Crippen LogP contribution in [0.15, 0.2) is 53.7 Å². The topological polar surface area (TPSA) is 69.7 Å². The number of amidine groups is 1. The standard InChI is InChI=1S/C22H17F2N3O2S/c1-28-13-10-16-19(17(23)11-13)29-18-5-4-12(14-3-2-7-26-20(14)24)9-15(18)22(16)6-8-30-21(25)27-22/h2-5,7,9-11H,6,8H2,1H3,(H2,25,27)/t22-/m0/s1. The maximum Gasteiger partial charge on any atom is 0.220 e. The van der Waals surface area contributed by atoms with E-state index in [0.717, 1.165) is 0 Å². The molecule has 0 fully saturated rings. The zero-order valence-electron chi connectivity index (χ0n) is 16.0. The number of pyridine rings is 1. The first-order valence-corrected chi connectivity index (χ1v) is 10.3. The average Bonchev–Trinajstić information content (AvgIpc) is 2.75. The van der Waals surface area contributed by atoms with Gasteiger partial charge in [0, 0.05) is 34.7 Å². The number of hydrogen-bond acceptors (Lipinski definition) is 6. The number of aliphatic imine (C=N–C) groups is 1. The van der Waals surface area contributed by atoms with Crippen molar-refractivity contribution in [1.29, 1.82) is 0 Å². The molecule has 0 saturated carbocycles. The van der Waals surface area contributed by atoms with E-state index in [1.165, 1.54) is 31.1 Å². The Kier molecular flexibility index (Phi) is 4.39. The minimum absolute atomic E-state index is 0.104. The molecule has 0 saturated heterocycles. The average molecular weight is 425 g/mol. The molecule has 2 aromatic carbocycles. The number of methoxy groups -OCH3 is 1. The molecule has 0 bridgehead atoms. The Morgan fingerprint density at radius 3 is 2.80 bits per heavy atom. The number of rotatable bonds is 2. The Bertz CT molecular complexity index is 1200. The van der Waals surface area contributed by atoms with Gasteiger partial charge in [-0.25, -0.2) is 14.4 Å². The molecule has 0 radical (unpaired) electrons.